The molecule has 8 heteroatoms. The van der Waals surface area contributed by atoms with E-state index < -0.39 is 0 Å². The van der Waals surface area contributed by atoms with Gasteiger partial charge in [0.2, 0.25) is 11.1 Å². The van der Waals surface area contributed by atoms with Gasteiger partial charge in [-0.25, -0.2) is 15.0 Å². The van der Waals surface area contributed by atoms with Crippen molar-refractivity contribution in [3.8, 4) is 0 Å². The molecule has 0 bridgehead atoms. The van der Waals surface area contributed by atoms with Gasteiger partial charge < -0.3 is 0 Å². The maximum atomic E-state index is 11.5. The first-order valence-electron chi connectivity index (χ1n) is 6.15. The molecule has 0 saturated carbocycles. The topological polar surface area (TPSA) is 81.4 Å². The van der Waals surface area contributed by atoms with Gasteiger partial charge in [0.1, 0.15) is 0 Å². The molecule has 0 fully saturated rings. The number of hydroxylamine groups is 1. The van der Waals surface area contributed by atoms with Crippen LogP contribution in [0.4, 0.5) is 0 Å². The van der Waals surface area contributed by atoms with Crippen LogP contribution < -0.4 is 5.48 Å². The number of aromatic nitrogens is 4. The Hall–Kier alpha value is -1.67. The summed E-state index contributed by atoms with van der Waals surface area (Å²) in [5, 5.41) is 5.07. The lowest BCUT2D eigenvalue weighted by Gasteiger charge is -2.09. The summed E-state index contributed by atoms with van der Waals surface area (Å²) < 4.78 is 1.72. The molecule has 1 N–H and O–H groups in total. The molecule has 108 valence electrons. The molecule has 2 aromatic rings. The fourth-order valence-electron chi connectivity index (χ4n) is 2.04. The molecule has 0 aromatic carbocycles. The van der Waals surface area contributed by atoms with Gasteiger partial charge >= 0.3 is 0 Å². The van der Waals surface area contributed by atoms with Crippen molar-refractivity contribution >= 4 is 23.4 Å². The number of amides is 1. The smallest absolute Gasteiger partial charge is 0.253 e. The van der Waals surface area contributed by atoms with Crippen molar-refractivity contribution in [2.24, 2.45) is 0 Å². The van der Waals surface area contributed by atoms with E-state index in [1.165, 1.54) is 18.9 Å². The van der Waals surface area contributed by atoms with Crippen LogP contribution in [0.2, 0.25) is 0 Å². The molecule has 0 atom stereocenters. The fourth-order valence-corrected chi connectivity index (χ4v) is 2.38. The molecule has 0 spiro atoms. The molecular weight excluding hydrogens is 278 g/mol. The minimum atomic E-state index is -0.158. The average Bonchev–Trinajstić information content (AvgIpc) is 2.82. The first kappa shape index (κ1) is 14.7. The standard InChI is InChI=1S/C12H17N5O2S/c1-7-9(5-6-10(18)16-19-3)8(2)17-11(13-7)14-12(15-17)20-4/h5-6H2,1-4H3,(H,16,18). The van der Waals surface area contributed by atoms with E-state index in [0.29, 0.717) is 23.8 Å². The van der Waals surface area contributed by atoms with E-state index in [-0.39, 0.29) is 5.91 Å². The Morgan fingerprint density at radius 1 is 1.40 bits per heavy atom. The van der Waals surface area contributed by atoms with Crippen molar-refractivity contribution in [3.05, 3.63) is 17.0 Å². The van der Waals surface area contributed by atoms with Crippen molar-refractivity contribution < 1.29 is 9.63 Å². The quantitative estimate of drug-likeness (QED) is 0.656. The average molecular weight is 295 g/mol. The van der Waals surface area contributed by atoms with E-state index in [1.54, 1.807) is 4.52 Å². The number of rotatable bonds is 5. The number of carbonyl (C=O) groups is 1. The molecular formula is C12H17N5O2S. The van der Waals surface area contributed by atoms with E-state index in [4.69, 9.17) is 0 Å². The van der Waals surface area contributed by atoms with Gasteiger partial charge in [0.15, 0.2) is 0 Å². The Morgan fingerprint density at radius 3 is 2.80 bits per heavy atom. The van der Waals surface area contributed by atoms with Gasteiger partial charge in [0.25, 0.3) is 5.78 Å². The second-order valence-electron chi connectivity index (χ2n) is 4.30. The van der Waals surface area contributed by atoms with E-state index in [2.05, 4.69) is 25.4 Å². The summed E-state index contributed by atoms with van der Waals surface area (Å²) >= 11 is 1.48. The minimum absolute atomic E-state index is 0.158. The molecule has 0 aliphatic rings. The SMILES string of the molecule is CONC(=O)CCc1c(C)nc2nc(SC)nn2c1C. The Bertz CT molecular complexity index is 640. The van der Waals surface area contributed by atoms with Crippen molar-refractivity contribution in [2.45, 2.75) is 31.8 Å². The minimum Gasteiger partial charge on any atom is -0.277 e. The lowest BCUT2D eigenvalue weighted by Crippen LogP contribution is -2.22. The molecule has 0 unspecified atom stereocenters. The van der Waals surface area contributed by atoms with Crippen LogP contribution in [0, 0.1) is 13.8 Å². The third kappa shape index (κ3) is 2.91. The number of hydrogen-bond donors (Lipinski definition) is 1. The van der Waals surface area contributed by atoms with Crippen molar-refractivity contribution in [2.75, 3.05) is 13.4 Å². The predicted molar refractivity (Wildman–Crippen MR) is 75.5 cm³/mol. The largest absolute Gasteiger partial charge is 0.277 e. The molecule has 20 heavy (non-hydrogen) atoms. The second-order valence-corrected chi connectivity index (χ2v) is 5.07. The number of fused-ring (bicyclic) bond motifs is 1. The zero-order valence-electron chi connectivity index (χ0n) is 11.9. The van der Waals surface area contributed by atoms with Crippen molar-refractivity contribution in [3.63, 3.8) is 0 Å². The molecule has 7 nitrogen and oxygen atoms in total. The first-order valence-corrected chi connectivity index (χ1v) is 7.38. The summed E-state index contributed by atoms with van der Waals surface area (Å²) in [5.74, 6) is 0.434. The first-order chi connectivity index (χ1) is 9.56. The Morgan fingerprint density at radius 2 is 2.15 bits per heavy atom. The molecule has 1 amide bonds. The molecule has 0 aliphatic carbocycles. The highest BCUT2D eigenvalue weighted by atomic mass is 32.2. The van der Waals surface area contributed by atoms with Gasteiger partial charge in [-0.15, -0.1) is 5.10 Å². The summed E-state index contributed by atoms with van der Waals surface area (Å²) in [5.41, 5.74) is 5.16. The third-order valence-corrected chi connectivity index (χ3v) is 3.57. The molecule has 0 aliphatic heterocycles. The molecule has 2 rings (SSSR count). The summed E-state index contributed by atoms with van der Waals surface area (Å²) in [7, 11) is 1.42. The van der Waals surface area contributed by atoms with Gasteiger partial charge in [0, 0.05) is 17.8 Å². The molecule has 0 radical (unpaired) electrons. The van der Waals surface area contributed by atoms with Crippen LogP contribution in [-0.2, 0) is 16.1 Å². The van der Waals surface area contributed by atoms with Crippen LogP contribution >= 0.6 is 11.8 Å². The van der Waals surface area contributed by atoms with E-state index in [1.807, 2.05) is 20.1 Å². The molecule has 2 aromatic heterocycles. The summed E-state index contributed by atoms with van der Waals surface area (Å²) in [6.45, 7) is 3.88. The zero-order chi connectivity index (χ0) is 14.7. The van der Waals surface area contributed by atoms with E-state index in [9.17, 15) is 4.79 Å². The zero-order valence-corrected chi connectivity index (χ0v) is 12.7. The van der Waals surface area contributed by atoms with Crippen LogP contribution in [0.25, 0.3) is 5.78 Å². The van der Waals surface area contributed by atoms with E-state index >= 15 is 0 Å². The normalized spacial score (nSPS) is 11.0. The van der Waals surface area contributed by atoms with Gasteiger partial charge in [0.05, 0.1) is 7.11 Å². The van der Waals surface area contributed by atoms with Crippen LogP contribution in [0.1, 0.15) is 23.4 Å². The number of hydrogen-bond acceptors (Lipinski definition) is 6. The molecule has 2 heterocycles. The van der Waals surface area contributed by atoms with Crippen LogP contribution in [0.15, 0.2) is 5.16 Å². The van der Waals surface area contributed by atoms with Crippen molar-refractivity contribution in [1.82, 2.24) is 25.1 Å². The van der Waals surface area contributed by atoms with Gasteiger partial charge in [-0.2, -0.15) is 4.98 Å². The lowest BCUT2D eigenvalue weighted by atomic mass is 10.1. The lowest BCUT2D eigenvalue weighted by molar-refractivity contribution is -0.131. The fraction of sp³-hybridized carbons (Fsp3) is 0.500. The highest BCUT2D eigenvalue weighted by Gasteiger charge is 2.14. The van der Waals surface area contributed by atoms with Gasteiger partial charge in [-0.3, -0.25) is 9.63 Å². The van der Waals surface area contributed by atoms with E-state index in [0.717, 1.165) is 17.0 Å². The van der Waals surface area contributed by atoms with Crippen molar-refractivity contribution in [1.29, 1.82) is 0 Å². The summed E-state index contributed by atoms with van der Waals surface area (Å²) in [6.07, 6.45) is 2.85. The third-order valence-electron chi connectivity index (χ3n) is 3.03. The highest BCUT2D eigenvalue weighted by Crippen LogP contribution is 2.17. The number of nitrogens with zero attached hydrogens (tertiary/aromatic N) is 4. The van der Waals surface area contributed by atoms with Gasteiger partial charge in [-0.05, 0) is 32.1 Å². The summed E-state index contributed by atoms with van der Waals surface area (Å²) in [6, 6.07) is 0. The van der Waals surface area contributed by atoms with Crippen LogP contribution in [-0.4, -0.2) is 38.9 Å². The maximum absolute atomic E-state index is 11.5. The van der Waals surface area contributed by atoms with Gasteiger partial charge in [-0.1, -0.05) is 11.8 Å². The van der Waals surface area contributed by atoms with Crippen LogP contribution in [0.3, 0.4) is 0 Å². The number of nitrogens with one attached hydrogen (secondary N) is 1. The number of carbonyl (C=O) groups excluding carboxylic acids is 1. The monoisotopic (exact) mass is 295 g/mol. The van der Waals surface area contributed by atoms with Crippen LogP contribution in [0.5, 0.6) is 0 Å². The molecule has 0 saturated heterocycles. The number of aryl methyl sites for hydroxylation is 2. The number of thioether (sulfide) groups is 1. The Labute approximate surface area is 121 Å². The predicted octanol–water partition coefficient (Wildman–Crippen LogP) is 1.07. The summed E-state index contributed by atoms with van der Waals surface area (Å²) in [4.78, 5) is 24.8. The Balaban J connectivity index is 2.30. The highest BCUT2D eigenvalue weighted by molar-refractivity contribution is 7.98. The second kappa shape index (κ2) is 6.19. The Kier molecular flexibility index (Phi) is 4.56. The maximum Gasteiger partial charge on any atom is 0.253 e.